The Bertz CT molecular complexity index is 683. The first-order valence-electron chi connectivity index (χ1n) is 8.78. The number of likely N-dealkylation sites (tertiary alicyclic amines) is 1. The minimum atomic E-state index is -3.37. The van der Waals surface area contributed by atoms with Crippen molar-refractivity contribution in [3.05, 3.63) is 29.8 Å². The number of nitrogens with zero attached hydrogens (tertiary/aromatic N) is 2. The highest BCUT2D eigenvalue weighted by Crippen LogP contribution is 2.19. The van der Waals surface area contributed by atoms with Crippen molar-refractivity contribution in [1.29, 1.82) is 0 Å². The van der Waals surface area contributed by atoms with Crippen LogP contribution in [0.4, 0.5) is 5.69 Å². The summed E-state index contributed by atoms with van der Waals surface area (Å²) in [5, 5.41) is 3.07. The normalized spacial score (nSPS) is 16.6. The van der Waals surface area contributed by atoms with Crippen LogP contribution in [0.3, 0.4) is 0 Å². The molecule has 1 aromatic carbocycles. The summed E-state index contributed by atoms with van der Waals surface area (Å²) in [7, 11) is -1.28. The first kappa shape index (κ1) is 19.7. The van der Waals surface area contributed by atoms with Crippen molar-refractivity contribution in [2.45, 2.75) is 38.6 Å². The second-order valence-electron chi connectivity index (χ2n) is 6.92. The highest BCUT2D eigenvalue weighted by molar-refractivity contribution is 7.92. The Kier molecular flexibility index (Phi) is 6.84. The molecule has 0 spiro atoms. The van der Waals surface area contributed by atoms with Gasteiger partial charge in [-0.25, -0.2) is 8.42 Å². The van der Waals surface area contributed by atoms with Crippen LogP contribution in [-0.4, -0.2) is 58.2 Å². The molecule has 0 aliphatic carbocycles. The van der Waals surface area contributed by atoms with Crippen molar-refractivity contribution in [2.24, 2.45) is 0 Å². The number of sulfonamides is 1. The third-order valence-corrected chi connectivity index (χ3v) is 5.73. The number of aryl methyl sites for hydroxylation is 1. The standard InChI is InChI=1S/C18H29N3O3S/c1-15-6-4-7-17(14-15)21(25(3,23)24)11-5-8-18(22)19-16-9-12-20(2)13-10-16/h4,6-7,14,16H,5,8-13H2,1-3H3,(H,19,22). The molecule has 1 aromatic rings. The van der Waals surface area contributed by atoms with Gasteiger partial charge in [-0.05, 0) is 64.0 Å². The number of hydrogen-bond acceptors (Lipinski definition) is 4. The molecule has 6 nitrogen and oxygen atoms in total. The third kappa shape index (κ3) is 6.32. The maximum atomic E-state index is 12.1. The Morgan fingerprint density at radius 1 is 1.32 bits per heavy atom. The Morgan fingerprint density at radius 2 is 2.00 bits per heavy atom. The fraction of sp³-hybridized carbons (Fsp3) is 0.611. The van der Waals surface area contributed by atoms with Gasteiger partial charge in [0.15, 0.2) is 0 Å². The highest BCUT2D eigenvalue weighted by atomic mass is 32.2. The molecule has 1 aliphatic rings. The van der Waals surface area contributed by atoms with Gasteiger partial charge in [0.25, 0.3) is 0 Å². The van der Waals surface area contributed by atoms with Crippen LogP contribution in [0.15, 0.2) is 24.3 Å². The first-order valence-corrected chi connectivity index (χ1v) is 10.6. The van der Waals surface area contributed by atoms with Crippen LogP contribution in [0, 0.1) is 6.92 Å². The minimum absolute atomic E-state index is 0.00671. The van der Waals surface area contributed by atoms with Crippen LogP contribution in [0.1, 0.15) is 31.2 Å². The van der Waals surface area contributed by atoms with E-state index in [1.807, 2.05) is 25.1 Å². The summed E-state index contributed by atoms with van der Waals surface area (Å²) in [5.74, 6) is 0.00671. The average Bonchev–Trinajstić information content (AvgIpc) is 2.52. The lowest BCUT2D eigenvalue weighted by Gasteiger charge is -2.29. The van der Waals surface area contributed by atoms with E-state index in [0.717, 1.165) is 31.5 Å². The lowest BCUT2D eigenvalue weighted by molar-refractivity contribution is -0.122. The lowest BCUT2D eigenvalue weighted by Crippen LogP contribution is -2.43. The summed E-state index contributed by atoms with van der Waals surface area (Å²) in [6.45, 7) is 4.24. The first-order chi connectivity index (χ1) is 11.8. The van der Waals surface area contributed by atoms with Crippen molar-refractivity contribution < 1.29 is 13.2 Å². The van der Waals surface area contributed by atoms with Gasteiger partial charge in [0.1, 0.15) is 0 Å². The maximum Gasteiger partial charge on any atom is 0.232 e. The Hall–Kier alpha value is -1.60. The largest absolute Gasteiger partial charge is 0.353 e. The van der Waals surface area contributed by atoms with Gasteiger partial charge in [-0.1, -0.05) is 12.1 Å². The van der Waals surface area contributed by atoms with Crippen molar-refractivity contribution in [1.82, 2.24) is 10.2 Å². The van der Waals surface area contributed by atoms with Crippen LogP contribution < -0.4 is 9.62 Å². The van der Waals surface area contributed by atoms with E-state index in [9.17, 15) is 13.2 Å². The molecule has 7 heteroatoms. The van der Waals surface area contributed by atoms with Crippen molar-refractivity contribution in [3.63, 3.8) is 0 Å². The van der Waals surface area contributed by atoms with E-state index in [1.54, 1.807) is 6.07 Å². The smallest absolute Gasteiger partial charge is 0.232 e. The fourth-order valence-electron chi connectivity index (χ4n) is 3.11. The zero-order chi connectivity index (χ0) is 18.4. The molecule has 1 saturated heterocycles. The fourth-order valence-corrected chi connectivity index (χ4v) is 4.06. The predicted molar refractivity (Wildman–Crippen MR) is 101 cm³/mol. The van der Waals surface area contributed by atoms with E-state index in [-0.39, 0.29) is 11.9 Å². The van der Waals surface area contributed by atoms with Gasteiger partial charge in [-0.15, -0.1) is 0 Å². The van der Waals surface area contributed by atoms with Gasteiger partial charge in [-0.2, -0.15) is 0 Å². The van der Waals surface area contributed by atoms with Crippen LogP contribution >= 0.6 is 0 Å². The molecular weight excluding hydrogens is 338 g/mol. The predicted octanol–water partition coefficient (Wildman–Crippen LogP) is 1.75. The number of rotatable bonds is 7. The Labute approximate surface area is 151 Å². The molecule has 1 aliphatic heterocycles. The van der Waals surface area contributed by atoms with E-state index in [1.165, 1.54) is 10.6 Å². The molecule has 0 radical (unpaired) electrons. The zero-order valence-corrected chi connectivity index (χ0v) is 16.2. The number of carbonyl (C=O) groups is 1. The van der Waals surface area contributed by atoms with Crippen LogP contribution in [0.5, 0.6) is 0 Å². The van der Waals surface area contributed by atoms with Gasteiger partial charge in [-0.3, -0.25) is 9.10 Å². The van der Waals surface area contributed by atoms with Gasteiger partial charge in [0, 0.05) is 19.0 Å². The Balaban J connectivity index is 1.86. The zero-order valence-electron chi connectivity index (χ0n) is 15.4. The monoisotopic (exact) mass is 367 g/mol. The highest BCUT2D eigenvalue weighted by Gasteiger charge is 2.20. The summed E-state index contributed by atoms with van der Waals surface area (Å²) in [5.41, 5.74) is 1.66. The summed E-state index contributed by atoms with van der Waals surface area (Å²) in [4.78, 5) is 14.4. The average molecular weight is 368 g/mol. The van der Waals surface area contributed by atoms with Crippen LogP contribution in [0.25, 0.3) is 0 Å². The molecule has 140 valence electrons. The number of benzene rings is 1. The summed E-state index contributed by atoms with van der Waals surface area (Å²) >= 11 is 0. The third-order valence-electron chi connectivity index (χ3n) is 4.54. The number of carbonyl (C=O) groups excluding carboxylic acids is 1. The molecule has 2 rings (SSSR count). The van der Waals surface area contributed by atoms with Crippen molar-refractivity contribution >= 4 is 21.6 Å². The van der Waals surface area contributed by atoms with Crippen molar-refractivity contribution in [3.8, 4) is 0 Å². The molecule has 1 amide bonds. The molecule has 0 saturated carbocycles. The minimum Gasteiger partial charge on any atom is -0.353 e. The second kappa shape index (κ2) is 8.67. The Morgan fingerprint density at radius 3 is 2.60 bits per heavy atom. The van der Waals surface area contributed by atoms with Crippen LogP contribution in [-0.2, 0) is 14.8 Å². The maximum absolute atomic E-state index is 12.1. The molecule has 1 N–H and O–H groups in total. The number of hydrogen-bond donors (Lipinski definition) is 1. The number of nitrogens with one attached hydrogen (secondary N) is 1. The van der Waals surface area contributed by atoms with E-state index < -0.39 is 10.0 Å². The molecule has 0 aromatic heterocycles. The molecule has 1 fully saturated rings. The van der Waals surface area contributed by atoms with Gasteiger partial charge < -0.3 is 10.2 Å². The number of anilines is 1. The van der Waals surface area contributed by atoms with Gasteiger partial charge in [0.2, 0.25) is 15.9 Å². The quantitative estimate of drug-likeness (QED) is 0.797. The molecule has 0 bridgehead atoms. The molecular formula is C18H29N3O3S. The summed E-state index contributed by atoms with van der Waals surface area (Å²) in [6.07, 6.45) is 3.99. The van der Waals surface area contributed by atoms with E-state index in [4.69, 9.17) is 0 Å². The topological polar surface area (TPSA) is 69.7 Å². The van der Waals surface area contributed by atoms with Gasteiger partial charge in [0.05, 0.1) is 11.9 Å². The lowest BCUT2D eigenvalue weighted by atomic mass is 10.1. The SMILES string of the molecule is Cc1cccc(N(CCCC(=O)NC2CCN(C)CC2)S(C)(=O)=O)c1. The van der Waals surface area contributed by atoms with E-state index in [0.29, 0.717) is 25.1 Å². The number of piperidine rings is 1. The van der Waals surface area contributed by atoms with E-state index in [2.05, 4.69) is 17.3 Å². The van der Waals surface area contributed by atoms with E-state index >= 15 is 0 Å². The molecule has 1 heterocycles. The molecule has 0 atom stereocenters. The molecule has 0 unspecified atom stereocenters. The van der Waals surface area contributed by atoms with Gasteiger partial charge >= 0.3 is 0 Å². The van der Waals surface area contributed by atoms with Crippen molar-refractivity contribution in [2.75, 3.05) is 37.2 Å². The van der Waals surface area contributed by atoms with Crippen LogP contribution in [0.2, 0.25) is 0 Å². The molecule has 25 heavy (non-hydrogen) atoms. The summed E-state index contributed by atoms with van der Waals surface area (Å²) < 4.78 is 25.6. The second-order valence-corrected chi connectivity index (χ2v) is 8.83. The number of amides is 1. The summed E-state index contributed by atoms with van der Waals surface area (Å²) in [6, 6.07) is 7.65.